The van der Waals surface area contributed by atoms with E-state index >= 15 is 0 Å². The highest BCUT2D eigenvalue weighted by Gasteiger charge is 2.44. The molecule has 2 aliphatic heterocycles. The second-order valence-corrected chi connectivity index (χ2v) is 9.62. The Morgan fingerprint density at radius 3 is 2.35 bits per heavy atom. The Hall–Kier alpha value is -3.25. The second kappa shape index (κ2) is 14.9. The van der Waals surface area contributed by atoms with Crippen LogP contribution in [0.4, 0.5) is 4.39 Å². The molecule has 12 heteroatoms. The van der Waals surface area contributed by atoms with Crippen molar-refractivity contribution in [2.45, 2.75) is 50.7 Å². The number of benzene rings is 2. The number of hydrogen-bond donors (Lipinski definition) is 2. The quantitative estimate of drug-likeness (QED) is 0.355. The Morgan fingerprint density at radius 2 is 1.80 bits per heavy atom. The first-order chi connectivity index (χ1) is 19.2. The van der Waals surface area contributed by atoms with Crippen molar-refractivity contribution in [2.75, 3.05) is 33.4 Å². The molecule has 0 spiro atoms. The van der Waals surface area contributed by atoms with Gasteiger partial charge in [-0.3, -0.25) is 4.79 Å². The molecule has 2 aromatic carbocycles. The number of likely N-dealkylation sites (tertiary alicyclic amines) is 1. The number of likely N-dealkylation sites (N-methyl/N-ethyl adjacent to an activating group) is 1. The molecule has 0 saturated carbocycles. The van der Waals surface area contributed by atoms with Crippen LogP contribution in [0.2, 0.25) is 5.02 Å². The van der Waals surface area contributed by atoms with Crippen molar-refractivity contribution in [3.63, 3.8) is 0 Å². The number of nitrogens with one attached hydrogen (secondary N) is 1. The minimum Gasteiger partial charge on any atom is -0.490 e. The van der Waals surface area contributed by atoms with E-state index in [9.17, 15) is 18.8 Å². The van der Waals surface area contributed by atoms with Gasteiger partial charge in [-0.2, -0.15) is 0 Å². The van der Waals surface area contributed by atoms with E-state index in [1.807, 2.05) is 36.2 Å². The summed E-state index contributed by atoms with van der Waals surface area (Å²) >= 11 is 5.97. The maximum atomic E-state index is 12.8. The minimum atomic E-state index is -1.91. The normalized spacial score (nSPS) is 17.4. The number of esters is 1. The highest BCUT2D eigenvalue weighted by molar-refractivity contribution is 6.30. The molecule has 2 N–H and O–H groups in total. The van der Waals surface area contributed by atoms with Gasteiger partial charge in [0.1, 0.15) is 17.7 Å². The first-order valence-electron chi connectivity index (χ1n) is 13.1. The van der Waals surface area contributed by atoms with Crippen molar-refractivity contribution in [1.29, 1.82) is 0 Å². The van der Waals surface area contributed by atoms with E-state index in [1.54, 1.807) is 0 Å². The topological polar surface area (TPSA) is 124 Å². The van der Waals surface area contributed by atoms with E-state index in [2.05, 4.69) is 17.0 Å². The predicted octanol–water partition coefficient (Wildman–Crippen LogP) is 3.71. The van der Waals surface area contributed by atoms with Gasteiger partial charge in [-0.15, -0.1) is 0 Å². The first kappa shape index (κ1) is 31.3. The molecular formula is C28H34ClFN2O8. The zero-order chi connectivity index (χ0) is 29.1. The molecule has 2 aliphatic rings. The van der Waals surface area contributed by atoms with Gasteiger partial charge in [-0.1, -0.05) is 31.0 Å². The average molecular weight is 581 g/mol. The number of ether oxygens (including phenoxy) is 4. The highest BCUT2D eigenvalue weighted by atomic mass is 35.5. The zero-order valence-corrected chi connectivity index (χ0v) is 23.2. The Bertz CT molecular complexity index is 1140. The Kier molecular flexibility index (Phi) is 11.7. The van der Waals surface area contributed by atoms with Crippen LogP contribution in [0.3, 0.4) is 0 Å². The third-order valence-electron chi connectivity index (χ3n) is 6.34. The fraction of sp³-hybridized carbons (Fsp3) is 0.464. The van der Waals surface area contributed by atoms with Gasteiger partial charge >= 0.3 is 17.9 Å². The number of hydrogen-bond acceptors (Lipinski definition) is 8. The number of carbonyl (C=O) groups is 3. The lowest BCUT2D eigenvalue weighted by atomic mass is 10.0. The van der Waals surface area contributed by atoms with Crippen molar-refractivity contribution in [2.24, 2.45) is 0 Å². The number of carbonyl (C=O) groups excluding carboxylic acids is 2. The smallest absolute Gasteiger partial charge is 0.421 e. The minimum absolute atomic E-state index is 0.0598. The van der Waals surface area contributed by atoms with Gasteiger partial charge in [0.2, 0.25) is 5.91 Å². The molecule has 2 aromatic rings. The summed E-state index contributed by atoms with van der Waals surface area (Å²) in [5, 5.41) is 12.3. The van der Waals surface area contributed by atoms with Crippen LogP contribution >= 0.6 is 11.6 Å². The molecule has 2 saturated heterocycles. The van der Waals surface area contributed by atoms with Crippen LogP contribution in [0.25, 0.3) is 0 Å². The van der Waals surface area contributed by atoms with Crippen LogP contribution in [0.5, 0.6) is 5.75 Å². The number of piperidine rings is 1. The number of amides is 1. The SMILES string of the molecule is CCCC(NC)C(=O)N1CCC(Oc2cccc(Cl)c2)CC1.O=C(O)C(=O)OC1(c2ccc(F)cc2)OCCO1. The molecule has 1 unspecified atom stereocenters. The number of carboxylic acid groups (broad SMARTS) is 1. The van der Waals surface area contributed by atoms with Crippen molar-refractivity contribution in [3.05, 3.63) is 64.9 Å². The average Bonchev–Trinajstić information content (AvgIpc) is 3.42. The maximum absolute atomic E-state index is 12.8. The number of rotatable bonds is 8. The molecule has 0 radical (unpaired) electrons. The molecule has 0 aromatic heterocycles. The maximum Gasteiger partial charge on any atom is 0.421 e. The summed E-state index contributed by atoms with van der Waals surface area (Å²) in [6.07, 6.45) is 3.77. The summed E-state index contributed by atoms with van der Waals surface area (Å²) in [5.41, 5.74) is 0.205. The molecule has 1 amide bonds. The van der Waals surface area contributed by atoms with Crippen LogP contribution in [0.15, 0.2) is 48.5 Å². The number of halogens is 2. The molecule has 1 atom stereocenters. The summed E-state index contributed by atoms with van der Waals surface area (Å²) < 4.78 is 33.7. The summed E-state index contributed by atoms with van der Waals surface area (Å²) in [5.74, 6) is -4.67. The van der Waals surface area contributed by atoms with Crippen molar-refractivity contribution in [3.8, 4) is 5.75 Å². The first-order valence-corrected chi connectivity index (χ1v) is 13.4. The molecule has 0 aliphatic carbocycles. The third kappa shape index (κ3) is 8.62. The molecule has 2 fully saturated rings. The van der Waals surface area contributed by atoms with Gasteiger partial charge in [0.25, 0.3) is 0 Å². The van der Waals surface area contributed by atoms with Crippen LogP contribution < -0.4 is 10.1 Å². The monoisotopic (exact) mass is 580 g/mol. The largest absolute Gasteiger partial charge is 0.490 e. The van der Waals surface area contributed by atoms with E-state index in [1.165, 1.54) is 12.1 Å². The molecule has 4 rings (SSSR count). The zero-order valence-electron chi connectivity index (χ0n) is 22.4. The lowest BCUT2D eigenvalue weighted by Crippen LogP contribution is -2.49. The number of aliphatic carboxylic acids is 1. The fourth-order valence-electron chi connectivity index (χ4n) is 4.33. The molecule has 218 valence electrons. The molecule has 2 heterocycles. The van der Waals surface area contributed by atoms with Gasteiger partial charge in [-0.25, -0.2) is 14.0 Å². The summed E-state index contributed by atoms with van der Waals surface area (Å²) in [4.78, 5) is 35.9. The van der Waals surface area contributed by atoms with Gasteiger partial charge in [-0.05, 0) is 55.9 Å². The van der Waals surface area contributed by atoms with Crippen molar-refractivity contribution < 1.29 is 42.8 Å². The van der Waals surface area contributed by atoms with E-state index in [0.29, 0.717) is 5.02 Å². The van der Waals surface area contributed by atoms with Crippen molar-refractivity contribution >= 4 is 29.4 Å². The lowest BCUT2D eigenvalue weighted by Gasteiger charge is -2.34. The van der Waals surface area contributed by atoms with Crippen LogP contribution in [-0.2, 0) is 34.6 Å². The number of nitrogens with zero attached hydrogens (tertiary/aromatic N) is 1. The standard InChI is InChI=1S/C17H25ClN2O2.C11H9FO6/c1-3-5-16(19-2)17(21)20-10-8-14(9-11-20)22-15-7-4-6-13(18)12-15;12-8-3-1-7(2-4-8)11(16-5-6-17-11)18-10(15)9(13)14/h4,6-7,12,14,16,19H,3,5,8-11H2,1-2H3;1-4H,5-6H2,(H,13,14). The van der Waals surface area contributed by atoms with Gasteiger partial charge in [0, 0.05) is 31.0 Å². The molecule has 0 bridgehead atoms. The van der Waals surface area contributed by atoms with Crippen molar-refractivity contribution in [1.82, 2.24) is 10.2 Å². The Labute approximate surface area is 237 Å². The second-order valence-electron chi connectivity index (χ2n) is 9.18. The summed E-state index contributed by atoms with van der Waals surface area (Å²) in [6.45, 7) is 3.87. The Balaban J connectivity index is 0.000000225. The summed E-state index contributed by atoms with van der Waals surface area (Å²) in [6, 6.07) is 12.2. The predicted molar refractivity (Wildman–Crippen MR) is 143 cm³/mol. The third-order valence-corrected chi connectivity index (χ3v) is 6.58. The lowest BCUT2D eigenvalue weighted by molar-refractivity contribution is -0.323. The van der Waals surface area contributed by atoms with E-state index in [4.69, 9.17) is 30.9 Å². The molecule has 40 heavy (non-hydrogen) atoms. The van der Waals surface area contributed by atoms with Gasteiger partial charge in [0.15, 0.2) is 0 Å². The molecule has 10 nitrogen and oxygen atoms in total. The fourth-order valence-corrected chi connectivity index (χ4v) is 4.51. The van der Waals surface area contributed by atoms with Gasteiger partial charge < -0.3 is 34.3 Å². The summed E-state index contributed by atoms with van der Waals surface area (Å²) in [7, 11) is 1.85. The highest BCUT2D eigenvalue weighted by Crippen LogP contribution is 2.33. The Morgan fingerprint density at radius 1 is 1.15 bits per heavy atom. The van der Waals surface area contributed by atoms with E-state index < -0.39 is 23.7 Å². The number of carboxylic acids is 1. The molecular weight excluding hydrogens is 547 g/mol. The van der Waals surface area contributed by atoms with E-state index in [-0.39, 0.29) is 36.8 Å². The van der Waals surface area contributed by atoms with Gasteiger partial charge in [0.05, 0.1) is 24.8 Å². The van der Waals surface area contributed by atoms with E-state index in [0.717, 1.165) is 56.7 Å². The van der Waals surface area contributed by atoms with Crippen LogP contribution in [0.1, 0.15) is 38.2 Å². The van der Waals surface area contributed by atoms with Crippen LogP contribution in [0, 0.1) is 5.82 Å². The van der Waals surface area contributed by atoms with Crippen LogP contribution in [-0.4, -0.2) is 73.3 Å².